The molecule has 0 aliphatic carbocycles. The minimum atomic E-state index is -1.17. The Morgan fingerprint density at radius 3 is 2.65 bits per heavy atom. The lowest BCUT2D eigenvalue weighted by Crippen LogP contribution is -2.42. The normalized spacial score (nSPS) is 30.7. The first-order valence-corrected chi connectivity index (χ1v) is 14.3. The van der Waals surface area contributed by atoms with E-state index in [0.29, 0.717) is 32.1 Å². The van der Waals surface area contributed by atoms with Crippen molar-refractivity contribution in [1.29, 1.82) is 0 Å². The summed E-state index contributed by atoms with van der Waals surface area (Å²) in [5.74, 6) is -0.605. The van der Waals surface area contributed by atoms with Gasteiger partial charge in [0.15, 0.2) is 0 Å². The highest BCUT2D eigenvalue weighted by Gasteiger charge is 2.41. The molecule has 0 unspecified atom stereocenters. The first-order chi connectivity index (χ1) is 17.3. The quantitative estimate of drug-likeness (QED) is 0.349. The molecule has 1 saturated heterocycles. The molecule has 6 nitrogen and oxygen atoms in total. The number of hydrogen-bond acceptors (Lipinski definition) is 7. The Morgan fingerprint density at radius 2 is 1.95 bits per heavy atom. The van der Waals surface area contributed by atoms with Gasteiger partial charge in [-0.2, -0.15) is 0 Å². The van der Waals surface area contributed by atoms with E-state index in [9.17, 15) is 19.8 Å². The minimum Gasteiger partial charge on any atom is -0.457 e. The molecule has 1 aliphatic heterocycles. The van der Waals surface area contributed by atoms with Crippen molar-refractivity contribution in [3.63, 3.8) is 0 Å². The number of benzene rings is 1. The second-order valence-electron chi connectivity index (χ2n) is 11.7. The molecule has 2 aromatic rings. The van der Waals surface area contributed by atoms with Crippen molar-refractivity contribution in [2.45, 2.75) is 104 Å². The number of rotatable bonds is 3. The third-order valence-corrected chi connectivity index (χ3v) is 8.81. The number of Topliss-reactive ketones (excluding diaryl/α,β-unsaturated/α-hetero) is 1. The molecule has 0 bridgehead atoms. The average molecular weight is 530 g/mol. The van der Waals surface area contributed by atoms with Crippen molar-refractivity contribution < 1.29 is 24.5 Å². The van der Waals surface area contributed by atoms with Crippen molar-refractivity contribution in [2.75, 3.05) is 0 Å². The smallest absolute Gasteiger partial charge is 0.309 e. The highest BCUT2D eigenvalue weighted by molar-refractivity contribution is 7.18. The van der Waals surface area contributed by atoms with Gasteiger partial charge in [-0.1, -0.05) is 45.8 Å². The Labute approximate surface area is 225 Å². The number of aliphatic hydroxyl groups is 2. The fourth-order valence-corrected chi connectivity index (χ4v) is 6.18. The first-order valence-electron chi connectivity index (χ1n) is 13.4. The zero-order valence-corrected chi connectivity index (χ0v) is 23.8. The van der Waals surface area contributed by atoms with Crippen molar-refractivity contribution >= 4 is 33.3 Å². The van der Waals surface area contributed by atoms with Gasteiger partial charge in [0.05, 0.1) is 38.8 Å². The zero-order valence-electron chi connectivity index (χ0n) is 23.0. The number of ketones is 1. The van der Waals surface area contributed by atoms with Gasteiger partial charge in [-0.05, 0) is 69.6 Å². The molecular formula is C30H43NO5S. The highest BCUT2D eigenvalue weighted by Crippen LogP contribution is 2.36. The van der Waals surface area contributed by atoms with Gasteiger partial charge >= 0.3 is 5.97 Å². The van der Waals surface area contributed by atoms with Crippen LogP contribution in [0.25, 0.3) is 10.2 Å². The number of hydrogen-bond donors (Lipinski definition) is 2. The Hall–Kier alpha value is -2.09. The molecular weight excluding hydrogens is 486 g/mol. The molecule has 2 heterocycles. The number of esters is 1. The number of ether oxygens (including phenoxy) is 1. The number of cyclic esters (lactones) is 1. The molecule has 5 atom stereocenters. The molecule has 7 heteroatoms. The SMILES string of the molecule is C=CC[C@@H]1C[C@@H](C)CCC[C@@](C)(O)CC[C@@H](c2ccc3sc(C)nc3c2)OC(=O)C[C@H](O)C(C)(C)C1=O. The predicted molar refractivity (Wildman–Crippen MR) is 148 cm³/mol. The number of aliphatic hydroxyl groups excluding tert-OH is 1. The number of carbonyl (C=O) groups excluding carboxylic acids is 2. The Kier molecular flexibility index (Phi) is 9.70. The van der Waals surface area contributed by atoms with Crippen molar-refractivity contribution in [3.05, 3.63) is 41.4 Å². The van der Waals surface area contributed by atoms with Crippen LogP contribution >= 0.6 is 11.3 Å². The van der Waals surface area contributed by atoms with Crippen LogP contribution in [0, 0.1) is 24.2 Å². The number of fused-ring (bicyclic) bond motifs is 1. The number of nitrogens with zero attached hydrogens (tertiary/aromatic N) is 1. The molecule has 0 amide bonds. The lowest BCUT2D eigenvalue weighted by Gasteiger charge is -2.34. The molecule has 1 aromatic carbocycles. The molecule has 1 aromatic heterocycles. The van der Waals surface area contributed by atoms with Crippen LogP contribution in [0.2, 0.25) is 0 Å². The van der Waals surface area contributed by atoms with Crippen LogP contribution in [0.15, 0.2) is 30.9 Å². The van der Waals surface area contributed by atoms with Gasteiger partial charge in [0.25, 0.3) is 0 Å². The summed E-state index contributed by atoms with van der Waals surface area (Å²) in [5.41, 5.74) is -0.336. The van der Waals surface area contributed by atoms with Crippen LogP contribution in [0.5, 0.6) is 0 Å². The van der Waals surface area contributed by atoms with Crippen LogP contribution in [0.4, 0.5) is 0 Å². The largest absolute Gasteiger partial charge is 0.457 e. The van der Waals surface area contributed by atoms with Crippen LogP contribution in [0.3, 0.4) is 0 Å². The Bertz CT molecular complexity index is 1100. The summed E-state index contributed by atoms with van der Waals surface area (Å²) >= 11 is 1.61. The number of thiazole rings is 1. The lowest BCUT2D eigenvalue weighted by atomic mass is 9.72. The van der Waals surface area contributed by atoms with E-state index >= 15 is 0 Å². The van der Waals surface area contributed by atoms with Gasteiger partial charge in [0.2, 0.25) is 0 Å². The molecule has 1 fully saturated rings. The number of aromatic nitrogens is 1. The number of allylic oxidation sites excluding steroid dienone is 1. The van der Waals surface area contributed by atoms with Crippen LogP contribution in [-0.2, 0) is 14.3 Å². The topological polar surface area (TPSA) is 96.7 Å². The predicted octanol–water partition coefficient (Wildman–Crippen LogP) is 6.47. The standard InChI is InChI=1S/C30H43NO5S/c1-7-9-22-16-19(2)10-8-14-30(6,35)15-13-24(21-11-12-25-23(17-21)31-20(3)37-25)36-27(33)18-26(32)29(4,5)28(22)34/h7,11-12,17,19,22,24,26,32,35H,1,8-10,13-16,18H2,2-6H3/t19-,22+,24-,26-,30+/m0/s1. The van der Waals surface area contributed by atoms with Gasteiger partial charge in [0.1, 0.15) is 11.9 Å². The van der Waals surface area contributed by atoms with Crippen molar-refractivity contribution in [1.82, 2.24) is 4.98 Å². The van der Waals surface area contributed by atoms with Crippen molar-refractivity contribution in [2.24, 2.45) is 17.3 Å². The molecule has 0 radical (unpaired) electrons. The fraction of sp³-hybridized carbons (Fsp3) is 0.633. The summed E-state index contributed by atoms with van der Waals surface area (Å²) < 4.78 is 6.98. The van der Waals surface area contributed by atoms with Gasteiger partial charge in [-0.25, -0.2) is 4.98 Å². The third-order valence-electron chi connectivity index (χ3n) is 7.86. The number of aryl methyl sites for hydroxylation is 1. The average Bonchev–Trinajstić information content (AvgIpc) is 3.19. The van der Waals surface area contributed by atoms with E-state index in [2.05, 4.69) is 18.5 Å². The van der Waals surface area contributed by atoms with E-state index in [1.807, 2.05) is 32.0 Å². The van der Waals surface area contributed by atoms with Crippen LogP contribution < -0.4 is 0 Å². The molecule has 3 rings (SSSR count). The second kappa shape index (κ2) is 12.2. The fourth-order valence-electron chi connectivity index (χ4n) is 5.38. The molecule has 37 heavy (non-hydrogen) atoms. The monoisotopic (exact) mass is 529 g/mol. The molecule has 1 aliphatic rings. The van der Waals surface area contributed by atoms with Gasteiger partial charge < -0.3 is 14.9 Å². The summed E-state index contributed by atoms with van der Waals surface area (Å²) in [6.45, 7) is 13.2. The second-order valence-corrected chi connectivity index (χ2v) is 13.0. The maximum Gasteiger partial charge on any atom is 0.309 e. The van der Waals surface area contributed by atoms with Crippen LogP contribution in [-0.4, -0.2) is 38.7 Å². The molecule has 204 valence electrons. The lowest BCUT2D eigenvalue weighted by molar-refractivity contribution is -0.156. The zero-order chi connectivity index (χ0) is 27.4. The first kappa shape index (κ1) is 29.5. The van der Waals surface area contributed by atoms with E-state index in [4.69, 9.17) is 4.74 Å². The minimum absolute atomic E-state index is 0.0560. The number of carbonyl (C=O) groups is 2. The van der Waals surface area contributed by atoms with E-state index < -0.39 is 29.2 Å². The Balaban J connectivity index is 1.90. The van der Waals surface area contributed by atoms with Crippen molar-refractivity contribution in [3.8, 4) is 0 Å². The van der Waals surface area contributed by atoms with Gasteiger partial charge in [0, 0.05) is 5.92 Å². The third kappa shape index (κ3) is 7.71. The summed E-state index contributed by atoms with van der Waals surface area (Å²) in [6.07, 6.45) is 4.22. The van der Waals surface area contributed by atoms with E-state index in [-0.39, 0.29) is 24.0 Å². The van der Waals surface area contributed by atoms with E-state index in [1.165, 1.54) is 0 Å². The van der Waals surface area contributed by atoms with Gasteiger partial charge in [-0.3, -0.25) is 9.59 Å². The molecule has 0 spiro atoms. The van der Waals surface area contributed by atoms with E-state index in [1.54, 1.807) is 31.3 Å². The molecule has 0 saturated carbocycles. The maximum absolute atomic E-state index is 13.5. The van der Waals surface area contributed by atoms with Gasteiger partial charge in [-0.15, -0.1) is 17.9 Å². The summed E-state index contributed by atoms with van der Waals surface area (Å²) in [6, 6.07) is 5.86. The molecule has 2 N–H and O–H groups in total. The summed E-state index contributed by atoms with van der Waals surface area (Å²) in [5, 5.41) is 23.1. The Morgan fingerprint density at radius 1 is 1.22 bits per heavy atom. The highest BCUT2D eigenvalue weighted by atomic mass is 32.1. The summed E-state index contributed by atoms with van der Waals surface area (Å²) in [7, 11) is 0. The maximum atomic E-state index is 13.5. The van der Waals surface area contributed by atoms with Crippen LogP contribution in [0.1, 0.15) is 95.7 Å². The summed E-state index contributed by atoms with van der Waals surface area (Å²) in [4.78, 5) is 31.2. The van der Waals surface area contributed by atoms with E-state index in [0.717, 1.165) is 33.6 Å².